The first kappa shape index (κ1) is 16.8. The second-order valence-electron chi connectivity index (χ2n) is 7.72. The fourth-order valence-electron chi connectivity index (χ4n) is 4.62. The number of hydrogen-bond acceptors (Lipinski definition) is 1. The van der Waals surface area contributed by atoms with Crippen LogP contribution in [0, 0.1) is 17.3 Å². The molecular weight excluding hydrogens is 318 g/mol. The van der Waals surface area contributed by atoms with Gasteiger partial charge in [-0.2, -0.15) is 0 Å². The van der Waals surface area contributed by atoms with Crippen molar-refractivity contribution in [2.45, 2.75) is 26.3 Å². The molecule has 2 nitrogen and oxygen atoms in total. The highest BCUT2D eigenvalue weighted by Gasteiger charge is 2.58. The highest BCUT2D eigenvalue weighted by atomic mass is 16.2. The molecule has 1 heterocycles. The van der Waals surface area contributed by atoms with Crippen LogP contribution in [0.25, 0.3) is 0 Å². The van der Waals surface area contributed by atoms with Gasteiger partial charge in [0.2, 0.25) is 5.91 Å². The maximum Gasteiger partial charge on any atom is 0.238 e. The van der Waals surface area contributed by atoms with Crippen LogP contribution >= 0.6 is 0 Å². The normalized spacial score (nSPS) is 27.2. The monoisotopic (exact) mass is 343 g/mol. The van der Waals surface area contributed by atoms with Crippen LogP contribution < -0.4 is 4.90 Å². The molecule has 1 saturated heterocycles. The highest BCUT2D eigenvalue weighted by molar-refractivity contribution is 6.03. The minimum absolute atomic E-state index is 0.162. The Morgan fingerprint density at radius 3 is 2.27 bits per heavy atom. The lowest BCUT2D eigenvalue weighted by atomic mass is 9.67. The molecule has 3 atom stereocenters. The largest absolute Gasteiger partial charge is 0.308 e. The van der Waals surface area contributed by atoms with Crippen molar-refractivity contribution in [2.24, 2.45) is 17.3 Å². The Morgan fingerprint density at radius 2 is 1.62 bits per heavy atom. The van der Waals surface area contributed by atoms with Gasteiger partial charge < -0.3 is 4.90 Å². The minimum atomic E-state index is -0.499. The fraction of sp³-hybridized carbons (Fsp3) is 0.292. The van der Waals surface area contributed by atoms with E-state index < -0.39 is 5.41 Å². The number of carbonyl (C=O) groups excluding carboxylic acids is 1. The third kappa shape index (κ3) is 2.61. The third-order valence-corrected chi connectivity index (χ3v) is 5.76. The smallest absolute Gasteiger partial charge is 0.238 e. The Labute approximate surface area is 155 Å². The Kier molecular flexibility index (Phi) is 4.28. The molecule has 0 saturated carbocycles. The molecule has 2 aromatic rings. The van der Waals surface area contributed by atoms with Crippen molar-refractivity contribution >= 4 is 11.6 Å². The lowest BCUT2D eigenvalue weighted by Crippen LogP contribution is -2.39. The molecule has 0 bridgehead atoms. The maximum absolute atomic E-state index is 13.8. The fourth-order valence-corrected chi connectivity index (χ4v) is 4.62. The molecule has 0 spiro atoms. The molecule has 1 amide bonds. The van der Waals surface area contributed by atoms with Crippen LogP contribution in [0.1, 0.15) is 19.4 Å². The van der Waals surface area contributed by atoms with Gasteiger partial charge in [-0.25, -0.2) is 0 Å². The summed E-state index contributed by atoms with van der Waals surface area (Å²) in [5.41, 5.74) is 1.71. The summed E-state index contributed by atoms with van der Waals surface area (Å²) in [4.78, 5) is 15.9. The Morgan fingerprint density at radius 1 is 0.962 bits per heavy atom. The van der Waals surface area contributed by atoms with E-state index in [-0.39, 0.29) is 17.9 Å². The van der Waals surface area contributed by atoms with Gasteiger partial charge >= 0.3 is 0 Å². The number of benzene rings is 2. The van der Waals surface area contributed by atoms with Crippen LogP contribution in [0.15, 0.2) is 85.0 Å². The molecule has 0 radical (unpaired) electrons. The van der Waals surface area contributed by atoms with Crippen molar-refractivity contribution in [2.75, 3.05) is 4.90 Å². The molecule has 0 N–H and O–H groups in total. The number of para-hydroxylation sites is 1. The zero-order valence-electron chi connectivity index (χ0n) is 15.4. The summed E-state index contributed by atoms with van der Waals surface area (Å²) in [6.45, 7) is 4.44. The van der Waals surface area contributed by atoms with E-state index in [9.17, 15) is 4.79 Å². The Balaban J connectivity index is 1.83. The first-order valence-corrected chi connectivity index (χ1v) is 9.42. The topological polar surface area (TPSA) is 20.3 Å². The van der Waals surface area contributed by atoms with Crippen molar-refractivity contribution in [1.29, 1.82) is 0 Å². The molecule has 4 rings (SSSR count). The van der Waals surface area contributed by atoms with Crippen LogP contribution in [0.2, 0.25) is 0 Å². The number of amides is 1. The van der Waals surface area contributed by atoms with E-state index in [0.29, 0.717) is 5.92 Å². The van der Waals surface area contributed by atoms with E-state index in [2.05, 4.69) is 61.2 Å². The van der Waals surface area contributed by atoms with Crippen molar-refractivity contribution < 1.29 is 4.79 Å². The van der Waals surface area contributed by atoms with Gasteiger partial charge in [-0.1, -0.05) is 86.7 Å². The van der Waals surface area contributed by atoms with E-state index in [0.717, 1.165) is 12.1 Å². The van der Waals surface area contributed by atoms with Gasteiger partial charge in [0.05, 0.1) is 5.41 Å². The predicted octanol–water partition coefficient (Wildman–Crippen LogP) is 5.03. The average Bonchev–Trinajstić information content (AvgIpc) is 2.92. The minimum Gasteiger partial charge on any atom is -0.308 e. The summed E-state index contributed by atoms with van der Waals surface area (Å²) in [5.74, 6) is 0.773. The number of anilines is 1. The number of allylic oxidation sites excluding steroid dienone is 2. The van der Waals surface area contributed by atoms with E-state index in [1.165, 1.54) is 5.56 Å². The Bertz CT molecular complexity index is 837. The summed E-state index contributed by atoms with van der Waals surface area (Å²) in [6, 6.07) is 20.7. The molecular formula is C24H25NO. The quantitative estimate of drug-likeness (QED) is 0.762. The van der Waals surface area contributed by atoms with Gasteiger partial charge in [0.1, 0.15) is 0 Å². The van der Waals surface area contributed by atoms with Crippen LogP contribution in [0.4, 0.5) is 5.69 Å². The summed E-state index contributed by atoms with van der Waals surface area (Å²) in [7, 11) is 0. The lowest BCUT2D eigenvalue weighted by molar-refractivity contribution is -0.124. The van der Waals surface area contributed by atoms with Crippen molar-refractivity contribution in [3.8, 4) is 0 Å². The molecule has 2 heteroatoms. The average molecular weight is 343 g/mol. The zero-order chi connectivity index (χ0) is 18.1. The van der Waals surface area contributed by atoms with Gasteiger partial charge in [-0.05, 0) is 30.0 Å². The SMILES string of the molecule is CC(C)[C@@H]1[C@@H]2C=CC=C[C@]2(Cc2ccccc2)C(=O)N1c1ccccc1. The highest BCUT2D eigenvalue weighted by Crippen LogP contribution is 2.51. The molecule has 2 aromatic carbocycles. The molecule has 2 aliphatic rings. The van der Waals surface area contributed by atoms with E-state index >= 15 is 0 Å². The van der Waals surface area contributed by atoms with Crippen LogP contribution in [0.5, 0.6) is 0 Å². The second-order valence-corrected chi connectivity index (χ2v) is 7.72. The van der Waals surface area contributed by atoms with Crippen molar-refractivity contribution in [3.05, 3.63) is 90.5 Å². The summed E-state index contributed by atoms with van der Waals surface area (Å²) < 4.78 is 0. The molecule has 0 unspecified atom stereocenters. The van der Waals surface area contributed by atoms with E-state index in [1.54, 1.807) is 0 Å². The third-order valence-electron chi connectivity index (χ3n) is 5.76. The van der Waals surface area contributed by atoms with Gasteiger partial charge in [-0.15, -0.1) is 0 Å². The summed E-state index contributed by atoms with van der Waals surface area (Å²) in [5, 5.41) is 0. The standard InChI is InChI=1S/C24H25NO/c1-18(2)22-21-15-9-10-16-24(21,17-19-11-5-3-6-12-19)23(26)25(22)20-13-7-4-8-14-20/h3-16,18,21-22H,17H2,1-2H3/t21-,22+,24+/m0/s1. The van der Waals surface area contributed by atoms with Gasteiger partial charge in [-0.3, -0.25) is 4.79 Å². The number of nitrogens with zero attached hydrogens (tertiary/aromatic N) is 1. The molecule has 1 aliphatic carbocycles. The van der Waals surface area contributed by atoms with Crippen LogP contribution in [-0.4, -0.2) is 11.9 Å². The number of rotatable bonds is 4. The number of hydrogen-bond donors (Lipinski definition) is 0. The van der Waals surface area contributed by atoms with E-state index in [1.807, 2.05) is 42.5 Å². The van der Waals surface area contributed by atoms with Crippen LogP contribution in [-0.2, 0) is 11.2 Å². The van der Waals surface area contributed by atoms with Gasteiger partial charge in [0, 0.05) is 17.6 Å². The van der Waals surface area contributed by atoms with Gasteiger partial charge in [0.25, 0.3) is 0 Å². The molecule has 26 heavy (non-hydrogen) atoms. The first-order chi connectivity index (χ1) is 12.6. The van der Waals surface area contributed by atoms with Crippen LogP contribution in [0.3, 0.4) is 0 Å². The van der Waals surface area contributed by atoms with Crippen molar-refractivity contribution in [3.63, 3.8) is 0 Å². The van der Waals surface area contributed by atoms with Gasteiger partial charge in [0.15, 0.2) is 0 Å². The molecule has 1 aliphatic heterocycles. The summed E-state index contributed by atoms with van der Waals surface area (Å²) >= 11 is 0. The number of fused-ring (bicyclic) bond motifs is 1. The van der Waals surface area contributed by atoms with E-state index in [4.69, 9.17) is 0 Å². The maximum atomic E-state index is 13.8. The Hall–Kier alpha value is -2.61. The predicted molar refractivity (Wildman–Crippen MR) is 107 cm³/mol. The second kappa shape index (κ2) is 6.60. The molecule has 0 aromatic heterocycles. The van der Waals surface area contributed by atoms with Crippen molar-refractivity contribution in [1.82, 2.24) is 0 Å². The molecule has 132 valence electrons. The summed E-state index contributed by atoms with van der Waals surface area (Å²) in [6.07, 6.45) is 9.28. The zero-order valence-corrected chi connectivity index (χ0v) is 15.4. The first-order valence-electron chi connectivity index (χ1n) is 9.42. The molecule has 1 fully saturated rings. The lowest BCUT2D eigenvalue weighted by Gasteiger charge is -2.33. The number of carbonyl (C=O) groups is 1.